The number of nitrogen functional groups attached to an aromatic ring is 1. The number of pyridine rings is 2. The molecule has 0 spiro atoms. The molecule has 4 heterocycles. The van der Waals surface area contributed by atoms with Crippen LogP contribution in [0.15, 0.2) is 36.7 Å². The fourth-order valence-corrected chi connectivity index (χ4v) is 2.70. The highest BCUT2D eigenvalue weighted by molar-refractivity contribution is 5.71. The van der Waals surface area contributed by atoms with Gasteiger partial charge in [0.2, 0.25) is 5.95 Å². The first-order chi connectivity index (χ1) is 10.8. The van der Waals surface area contributed by atoms with Crippen LogP contribution in [0.2, 0.25) is 0 Å². The average molecular weight is 296 g/mol. The second kappa shape index (κ2) is 5.27. The molecule has 0 unspecified atom stereocenters. The highest BCUT2D eigenvalue weighted by Gasteiger charge is 2.17. The summed E-state index contributed by atoms with van der Waals surface area (Å²) >= 11 is 0. The summed E-state index contributed by atoms with van der Waals surface area (Å²) in [5.41, 5.74) is 8.61. The molecule has 1 saturated heterocycles. The molecule has 112 valence electrons. The molecule has 3 aromatic heterocycles. The van der Waals surface area contributed by atoms with E-state index in [9.17, 15) is 0 Å². The normalized spacial score (nSPS) is 15.4. The monoisotopic (exact) mass is 296 g/mol. The van der Waals surface area contributed by atoms with E-state index in [4.69, 9.17) is 10.5 Å². The third-order valence-corrected chi connectivity index (χ3v) is 3.76. The summed E-state index contributed by atoms with van der Waals surface area (Å²) in [5, 5.41) is 4.31. The van der Waals surface area contributed by atoms with Crippen LogP contribution in [0.1, 0.15) is 0 Å². The quantitative estimate of drug-likeness (QED) is 0.765. The van der Waals surface area contributed by atoms with Crippen LogP contribution in [-0.4, -0.2) is 45.9 Å². The minimum Gasteiger partial charge on any atom is -0.378 e. The summed E-state index contributed by atoms with van der Waals surface area (Å²) in [6.45, 7) is 3.07. The van der Waals surface area contributed by atoms with E-state index in [1.807, 2.05) is 24.4 Å². The summed E-state index contributed by atoms with van der Waals surface area (Å²) in [4.78, 5) is 10.7. The number of nitrogens with two attached hydrogens (primary N) is 1. The lowest BCUT2D eigenvalue weighted by atomic mass is 10.1. The number of ether oxygens (including phenoxy) is 1. The fourth-order valence-electron chi connectivity index (χ4n) is 2.70. The Bertz CT molecular complexity index is 794. The van der Waals surface area contributed by atoms with Gasteiger partial charge in [0.05, 0.1) is 13.2 Å². The molecule has 1 fully saturated rings. The summed E-state index contributed by atoms with van der Waals surface area (Å²) in [5.74, 6) is 1.25. The Hall–Kier alpha value is -2.67. The molecule has 2 N–H and O–H groups in total. The molecule has 1 aliphatic rings. The van der Waals surface area contributed by atoms with Gasteiger partial charge in [0, 0.05) is 31.0 Å². The van der Waals surface area contributed by atoms with Crippen molar-refractivity contribution < 1.29 is 4.74 Å². The zero-order valence-electron chi connectivity index (χ0n) is 12.0. The predicted octanol–water partition coefficient (Wildman–Crippen LogP) is 1.21. The van der Waals surface area contributed by atoms with Gasteiger partial charge in [-0.2, -0.15) is 9.50 Å². The van der Waals surface area contributed by atoms with E-state index in [0.29, 0.717) is 13.2 Å². The summed E-state index contributed by atoms with van der Waals surface area (Å²) in [7, 11) is 0. The first kappa shape index (κ1) is 13.0. The van der Waals surface area contributed by atoms with Gasteiger partial charge in [-0.1, -0.05) is 6.07 Å². The molecule has 0 amide bonds. The van der Waals surface area contributed by atoms with Crippen molar-refractivity contribution >= 4 is 17.4 Å². The average Bonchev–Trinajstić information content (AvgIpc) is 2.95. The van der Waals surface area contributed by atoms with Crippen molar-refractivity contribution in [1.82, 2.24) is 19.6 Å². The second-order valence-corrected chi connectivity index (χ2v) is 5.18. The predicted molar refractivity (Wildman–Crippen MR) is 83.7 cm³/mol. The van der Waals surface area contributed by atoms with Gasteiger partial charge >= 0.3 is 0 Å². The van der Waals surface area contributed by atoms with E-state index < -0.39 is 0 Å². The van der Waals surface area contributed by atoms with E-state index in [1.54, 1.807) is 10.7 Å². The number of hydrogen-bond acceptors (Lipinski definition) is 6. The SMILES string of the molecule is Nc1nc2cc(-c3cccnc3)cc(N3CCOCC3)n2n1. The van der Waals surface area contributed by atoms with E-state index in [2.05, 4.69) is 26.0 Å². The summed E-state index contributed by atoms with van der Waals surface area (Å²) in [6.07, 6.45) is 3.61. The third-order valence-electron chi connectivity index (χ3n) is 3.76. The van der Waals surface area contributed by atoms with Crippen molar-refractivity contribution in [2.24, 2.45) is 0 Å². The van der Waals surface area contributed by atoms with Gasteiger partial charge in [-0.25, -0.2) is 0 Å². The van der Waals surface area contributed by atoms with Gasteiger partial charge in [-0.05, 0) is 23.8 Å². The zero-order chi connectivity index (χ0) is 14.9. The zero-order valence-corrected chi connectivity index (χ0v) is 12.0. The molecular formula is C15H16N6O. The summed E-state index contributed by atoms with van der Waals surface area (Å²) in [6, 6.07) is 8.03. The number of aromatic nitrogens is 4. The lowest BCUT2D eigenvalue weighted by Crippen LogP contribution is -2.37. The first-order valence-electron chi connectivity index (χ1n) is 7.21. The first-order valence-corrected chi connectivity index (χ1v) is 7.21. The van der Waals surface area contributed by atoms with Crippen molar-refractivity contribution in [1.29, 1.82) is 0 Å². The number of fused-ring (bicyclic) bond motifs is 1. The van der Waals surface area contributed by atoms with Crippen molar-refractivity contribution in [3.63, 3.8) is 0 Å². The third kappa shape index (κ3) is 2.25. The minimum absolute atomic E-state index is 0.276. The number of anilines is 2. The maximum absolute atomic E-state index is 5.78. The van der Waals surface area contributed by atoms with Crippen molar-refractivity contribution in [3.8, 4) is 11.1 Å². The lowest BCUT2D eigenvalue weighted by Gasteiger charge is -2.29. The Balaban J connectivity index is 1.89. The maximum Gasteiger partial charge on any atom is 0.240 e. The van der Waals surface area contributed by atoms with Crippen LogP contribution >= 0.6 is 0 Å². The Labute approximate surface area is 127 Å². The van der Waals surface area contributed by atoms with Crippen molar-refractivity contribution in [2.45, 2.75) is 0 Å². The molecule has 0 atom stereocenters. The fraction of sp³-hybridized carbons (Fsp3) is 0.267. The van der Waals surface area contributed by atoms with Gasteiger partial charge in [0.15, 0.2) is 5.65 Å². The topological polar surface area (TPSA) is 81.6 Å². The van der Waals surface area contributed by atoms with Gasteiger partial charge in [-0.15, -0.1) is 5.10 Å². The Morgan fingerprint density at radius 1 is 1.14 bits per heavy atom. The molecule has 0 aliphatic carbocycles. The van der Waals surface area contributed by atoms with Crippen molar-refractivity contribution in [2.75, 3.05) is 36.9 Å². The van der Waals surface area contributed by atoms with Gasteiger partial charge in [0.1, 0.15) is 5.82 Å². The van der Waals surface area contributed by atoms with E-state index in [0.717, 1.165) is 35.7 Å². The highest BCUT2D eigenvalue weighted by atomic mass is 16.5. The van der Waals surface area contributed by atoms with E-state index in [1.165, 1.54) is 0 Å². The molecule has 4 rings (SSSR count). The van der Waals surface area contributed by atoms with Crippen LogP contribution in [0.4, 0.5) is 11.8 Å². The van der Waals surface area contributed by atoms with Crippen LogP contribution < -0.4 is 10.6 Å². The second-order valence-electron chi connectivity index (χ2n) is 5.18. The standard InChI is InChI=1S/C15H16N6O/c16-15-18-13-8-12(11-2-1-3-17-10-11)9-14(21(13)19-15)20-4-6-22-7-5-20/h1-3,8-10H,4-7H2,(H2,16,19). The Morgan fingerprint density at radius 3 is 2.77 bits per heavy atom. The number of morpholine rings is 1. The number of rotatable bonds is 2. The Morgan fingerprint density at radius 2 is 2.00 bits per heavy atom. The van der Waals surface area contributed by atoms with Gasteiger partial charge in [0.25, 0.3) is 0 Å². The molecule has 22 heavy (non-hydrogen) atoms. The number of nitrogens with zero attached hydrogens (tertiary/aromatic N) is 5. The smallest absolute Gasteiger partial charge is 0.240 e. The maximum atomic E-state index is 5.78. The molecule has 7 nitrogen and oxygen atoms in total. The molecule has 7 heteroatoms. The van der Waals surface area contributed by atoms with Crippen LogP contribution in [0.25, 0.3) is 16.8 Å². The molecule has 0 aromatic carbocycles. The van der Waals surface area contributed by atoms with Crippen LogP contribution in [0, 0.1) is 0 Å². The highest BCUT2D eigenvalue weighted by Crippen LogP contribution is 2.27. The molecular weight excluding hydrogens is 280 g/mol. The van der Waals surface area contributed by atoms with Crippen molar-refractivity contribution in [3.05, 3.63) is 36.7 Å². The Kier molecular flexibility index (Phi) is 3.12. The van der Waals surface area contributed by atoms with Crippen LogP contribution in [0.5, 0.6) is 0 Å². The largest absolute Gasteiger partial charge is 0.378 e. The van der Waals surface area contributed by atoms with Crippen LogP contribution in [-0.2, 0) is 4.74 Å². The van der Waals surface area contributed by atoms with E-state index >= 15 is 0 Å². The molecule has 3 aromatic rings. The van der Waals surface area contributed by atoms with E-state index in [-0.39, 0.29) is 5.95 Å². The van der Waals surface area contributed by atoms with Gasteiger partial charge in [-0.3, -0.25) is 4.98 Å². The summed E-state index contributed by atoms with van der Waals surface area (Å²) < 4.78 is 7.22. The molecule has 0 bridgehead atoms. The molecule has 0 saturated carbocycles. The lowest BCUT2D eigenvalue weighted by molar-refractivity contribution is 0.122. The van der Waals surface area contributed by atoms with Crippen LogP contribution in [0.3, 0.4) is 0 Å². The van der Waals surface area contributed by atoms with Gasteiger partial charge < -0.3 is 15.4 Å². The molecule has 1 aliphatic heterocycles. The number of hydrogen-bond donors (Lipinski definition) is 1. The molecule has 0 radical (unpaired) electrons. The minimum atomic E-state index is 0.276.